The third-order valence-corrected chi connectivity index (χ3v) is 2.97. The number of aromatic nitrogens is 2. The Kier molecular flexibility index (Phi) is 5.39. The molecule has 0 aliphatic carbocycles. The van der Waals surface area contributed by atoms with E-state index in [9.17, 15) is 0 Å². The summed E-state index contributed by atoms with van der Waals surface area (Å²) >= 11 is 5.97. The van der Waals surface area contributed by atoms with E-state index in [1.165, 1.54) is 5.56 Å². The summed E-state index contributed by atoms with van der Waals surface area (Å²) in [5.74, 6) is 0. The molecule has 0 radical (unpaired) electrons. The first-order valence-corrected chi connectivity index (χ1v) is 6.60. The average molecular weight is 280 g/mol. The molecule has 0 aliphatic heterocycles. The molecule has 1 heterocycles. The van der Waals surface area contributed by atoms with Gasteiger partial charge in [-0.3, -0.25) is 0 Å². The van der Waals surface area contributed by atoms with Gasteiger partial charge >= 0.3 is 0 Å². The highest BCUT2D eigenvalue weighted by Gasteiger charge is 2.00. The van der Waals surface area contributed by atoms with E-state index < -0.39 is 0 Å². The number of hydrogen-bond acceptors (Lipinski definition) is 3. The van der Waals surface area contributed by atoms with E-state index in [0.29, 0.717) is 6.61 Å². The number of nitrogens with zero attached hydrogens (tertiary/aromatic N) is 2. The lowest BCUT2D eigenvalue weighted by Crippen LogP contribution is -2.18. The molecule has 102 valence electrons. The third kappa shape index (κ3) is 4.67. The summed E-state index contributed by atoms with van der Waals surface area (Å²) < 4.78 is 7.03. The van der Waals surface area contributed by atoms with Gasteiger partial charge in [0.05, 0.1) is 18.6 Å². The van der Waals surface area contributed by atoms with Crippen molar-refractivity contribution < 1.29 is 4.74 Å². The monoisotopic (exact) mass is 279 g/mol. The lowest BCUT2D eigenvalue weighted by atomic mass is 10.2. The van der Waals surface area contributed by atoms with Gasteiger partial charge in [0.1, 0.15) is 0 Å². The second-order valence-corrected chi connectivity index (χ2v) is 4.77. The summed E-state index contributed by atoms with van der Waals surface area (Å²) in [4.78, 5) is 4.36. The summed E-state index contributed by atoms with van der Waals surface area (Å²) in [6.45, 7) is 3.08. The van der Waals surface area contributed by atoms with Crippen LogP contribution in [0.3, 0.4) is 0 Å². The summed E-state index contributed by atoms with van der Waals surface area (Å²) in [6.07, 6.45) is 3.88. The first kappa shape index (κ1) is 14.1. The Morgan fingerprint density at radius 2 is 2.32 bits per heavy atom. The quantitative estimate of drug-likeness (QED) is 0.791. The van der Waals surface area contributed by atoms with Gasteiger partial charge in [-0.2, -0.15) is 0 Å². The highest BCUT2D eigenvalue weighted by molar-refractivity contribution is 6.30. The Labute approximate surface area is 118 Å². The van der Waals surface area contributed by atoms with Crippen molar-refractivity contribution >= 4 is 11.6 Å². The van der Waals surface area contributed by atoms with Crippen LogP contribution >= 0.6 is 11.6 Å². The topological polar surface area (TPSA) is 39.1 Å². The van der Waals surface area contributed by atoms with Crippen LogP contribution in [0.4, 0.5) is 0 Å². The summed E-state index contributed by atoms with van der Waals surface area (Å²) in [5, 5.41) is 4.03. The van der Waals surface area contributed by atoms with Crippen LogP contribution in [-0.2, 0) is 17.8 Å². The maximum absolute atomic E-state index is 5.97. The summed E-state index contributed by atoms with van der Waals surface area (Å²) in [7, 11) is 1.70. The third-order valence-electron chi connectivity index (χ3n) is 2.73. The molecule has 2 rings (SSSR count). The number of rotatable bonds is 7. The van der Waals surface area contributed by atoms with Gasteiger partial charge < -0.3 is 14.6 Å². The highest BCUT2D eigenvalue weighted by Crippen LogP contribution is 2.12. The molecule has 0 spiro atoms. The van der Waals surface area contributed by atoms with Crippen molar-refractivity contribution in [1.29, 1.82) is 0 Å². The van der Waals surface area contributed by atoms with Crippen LogP contribution in [0.5, 0.6) is 0 Å². The normalized spacial score (nSPS) is 10.8. The lowest BCUT2D eigenvalue weighted by Gasteiger charge is -2.03. The number of benzene rings is 1. The minimum absolute atomic E-state index is 0.712. The number of ether oxygens (including phenoxy) is 1. The standard InChI is InChI=1S/C14H18ClN3O/c1-19-6-5-16-8-14-10-18(11-17-14)9-12-3-2-4-13(15)7-12/h2-4,7,10-11,16H,5-6,8-9H2,1H3. The Morgan fingerprint density at radius 3 is 3.11 bits per heavy atom. The van der Waals surface area contributed by atoms with Gasteiger partial charge in [-0.1, -0.05) is 23.7 Å². The van der Waals surface area contributed by atoms with Crippen LogP contribution in [0.2, 0.25) is 5.02 Å². The van der Waals surface area contributed by atoms with E-state index in [1.54, 1.807) is 7.11 Å². The molecular weight excluding hydrogens is 262 g/mol. The molecule has 1 aromatic heterocycles. The van der Waals surface area contributed by atoms with E-state index in [2.05, 4.69) is 20.9 Å². The first-order chi connectivity index (χ1) is 9.28. The van der Waals surface area contributed by atoms with E-state index in [0.717, 1.165) is 30.4 Å². The summed E-state index contributed by atoms with van der Waals surface area (Å²) in [5.41, 5.74) is 2.20. The number of hydrogen-bond donors (Lipinski definition) is 1. The molecule has 0 amide bonds. The van der Waals surface area contributed by atoms with Crippen molar-refractivity contribution in [3.8, 4) is 0 Å². The number of methoxy groups -OCH3 is 1. The zero-order valence-corrected chi connectivity index (χ0v) is 11.7. The number of nitrogens with one attached hydrogen (secondary N) is 1. The van der Waals surface area contributed by atoms with Crippen molar-refractivity contribution in [3.63, 3.8) is 0 Å². The van der Waals surface area contributed by atoms with Gasteiger partial charge in [0.15, 0.2) is 0 Å². The molecule has 2 aromatic rings. The molecule has 0 bridgehead atoms. The fourth-order valence-electron chi connectivity index (χ4n) is 1.82. The molecule has 0 saturated heterocycles. The molecule has 0 atom stereocenters. The molecule has 0 unspecified atom stereocenters. The fourth-order valence-corrected chi connectivity index (χ4v) is 2.03. The van der Waals surface area contributed by atoms with E-state index in [1.807, 2.05) is 30.7 Å². The zero-order chi connectivity index (χ0) is 13.5. The predicted octanol–water partition coefficient (Wildman–Crippen LogP) is 2.32. The predicted molar refractivity (Wildman–Crippen MR) is 76.4 cm³/mol. The Hall–Kier alpha value is -1.36. The second kappa shape index (κ2) is 7.28. The molecular formula is C14H18ClN3O. The zero-order valence-electron chi connectivity index (χ0n) is 11.0. The minimum atomic E-state index is 0.712. The molecule has 1 aromatic carbocycles. The van der Waals surface area contributed by atoms with Crippen LogP contribution in [0.1, 0.15) is 11.3 Å². The Morgan fingerprint density at radius 1 is 1.42 bits per heavy atom. The number of imidazole rings is 1. The first-order valence-electron chi connectivity index (χ1n) is 6.22. The van der Waals surface area contributed by atoms with E-state index >= 15 is 0 Å². The maximum Gasteiger partial charge on any atom is 0.0953 e. The molecule has 19 heavy (non-hydrogen) atoms. The largest absolute Gasteiger partial charge is 0.383 e. The maximum atomic E-state index is 5.97. The summed E-state index contributed by atoms with van der Waals surface area (Å²) in [6, 6.07) is 7.87. The van der Waals surface area contributed by atoms with Gasteiger partial charge in [-0.05, 0) is 17.7 Å². The molecule has 1 N–H and O–H groups in total. The van der Waals surface area contributed by atoms with Crippen LogP contribution in [0.15, 0.2) is 36.8 Å². The molecule has 4 nitrogen and oxygen atoms in total. The molecule has 0 saturated carbocycles. The van der Waals surface area contributed by atoms with Crippen molar-refractivity contribution in [1.82, 2.24) is 14.9 Å². The van der Waals surface area contributed by atoms with Gasteiger partial charge in [0.25, 0.3) is 0 Å². The molecule has 0 aliphatic rings. The van der Waals surface area contributed by atoms with Crippen LogP contribution < -0.4 is 5.32 Å². The highest BCUT2D eigenvalue weighted by atomic mass is 35.5. The van der Waals surface area contributed by atoms with Crippen molar-refractivity contribution in [2.75, 3.05) is 20.3 Å². The molecule has 5 heteroatoms. The van der Waals surface area contributed by atoms with E-state index in [4.69, 9.17) is 16.3 Å². The van der Waals surface area contributed by atoms with Gasteiger partial charge in [-0.15, -0.1) is 0 Å². The number of halogens is 1. The van der Waals surface area contributed by atoms with E-state index in [-0.39, 0.29) is 0 Å². The Bertz CT molecular complexity index is 513. The van der Waals surface area contributed by atoms with Crippen LogP contribution in [-0.4, -0.2) is 29.8 Å². The van der Waals surface area contributed by atoms with Gasteiger partial charge in [-0.25, -0.2) is 4.98 Å². The van der Waals surface area contributed by atoms with Gasteiger partial charge in [0, 0.05) is 38.0 Å². The average Bonchev–Trinajstić information content (AvgIpc) is 2.82. The van der Waals surface area contributed by atoms with Gasteiger partial charge in [0.2, 0.25) is 0 Å². The SMILES string of the molecule is COCCNCc1cn(Cc2cccc(Cl)c2)cn1. The van der Waals surface area contributed by atoms with Crippen molar-refractivity contribution in [2.24, 2.45) is 0 Å². The smallest absolute Gasteiger partial charge is 0.0953 e. The van der Waals surface area contributed by atoms with Crippen LogP contribution in [0, 0.1) is 0 Å². The Balaban J connectivity index is 1.87. The van der Waals surface area contributed by atoms with Crippen molar-refractivity contribution in [2.45, 2.75) is 13.1 Å². The second-order valence-electron chi connectivity index (χ2n) is 4.34. The van der Waals surface area contributed by atoms with Crippen molar-refractivity contribution in [3.05, 3.63) is 53.1 Å². The lowest BCUT2D eigenvalue weighted by molar-refractivity contribution is 0.199. The fraction of sp³-hybridized carbons (Fsp3) is 0.357. The minimum Gasteiger partial charge on any atom is -0.383 e. The van der Waals surface area contributed by atoms with Crippen LogP contribution in [0.25, 0.3) is 0 Å². The molecule has 0 fully saturated rings.